The molecule has 1 aliphatic rings. The van der Waals surface area contributed by atoms with Crippen LogP contribution in [-0.2, 0) is 19.1 Å². The number of aliphatic carboxylic acids is 2. The van der Waals surface area contributed by atoms with Crippen LogP contribution < -0.4 is 10.6 Å². The Balaban J connectivity index is 1.79. The summed E-state index contributed by atoms with van der Waals surface area (Å²) in [6, 6.07) is 9.01. The van der Waals surface area contributed by atoms with Crippen molar-refractivity contribution < 1.29 is 38.9 Å². The first-order valence-corrected chi connectivity index (χ1v) is 12.8. The molecule has 1 aliphatic heterocycles. The van der Waals surface area contributed by atoms with Gasteiger partial charge >= 0.3 is 18.0 Å². The van der Waals surface area contributed by atoms with Gasteiger partial charge in [0.2, 0.25) is 5.91 Å². The molecule has 2 heterocycles. The number of carboxylic acid groups (broad SMARTS) is 2. The highest BCUT2D eigenvalue weighted by Crippen LogP contribution is 2.18. The van der Waals surface area contributed by atoms with Crippen molar-refractivity contribution in [2.45, 2.75) is 32.2 Å². The molecule has 4 N–H and O–H groups in total. The lowest BCUT2D eigenvalue weighted by molar-refractivity contribution is -0.139. The topological polar surface area (TPSA) is 191 Å². The number of nitrogens with one attached hydrogen (secondary N) is 2. The maximum absolute atomic E-state index is 13.3. The zero-order valence-electron chi connectivity index (χ0n) is 22.0. The van der Waals surface area contributed by atoms with E-state index in [9.17, 15) is 29.1 Å². The Bertz CT molecular complexity index is 1220. The van der Waals surface area contributed by atoms with Crippen LogP contribution in [0.5, 0.6) is 0 Å². The van der Waals surface area contributed by atoms with Crippen LogP contribution in [0.4, 0.5) is 10.6 Å². The van der Waals surface area contributed by atoms with E-state index >= 15 is 0 Å². The van der Waals surface area contributed by atoms with E-state index in [2.05, 4.69) is 20.6 Å². The first kappa shape index (κ1) is 29.8. The number of hydrogen-bond acceptors (Lipinski definition) is 9. The molecular formula is C26H32N6O8. The standard InChI is InChI=1S/C26H32N6O8/c1-2-40-26(39)32-14-12-31(13-15-32)25(38)18(8-9-21(33)34)29-24(37)19-16-20(27-11-10-22(35)36)30-23(28-19)17-6-4-3-5-7-17/h3-7,16,18H,2,8-15H2,1H3,(H,29,37)(H,33,34)(H,35,36)(H,27,28,30)/t18-/m0/s1. The van der Waals surface area contributed by atoms with E-state index < -0.39 is 35.9 Å². The minimum Gasteiger partial charge on any atom is -0.481 e. The van der Waals surface area contributed by atoms with Gasteiger partial charge in [0.05, 0.1) is 13.0 Å². The first-order valence-electron chi connectivity index (χ1n) is 12.8. The molecule has 1 fully saturated rings. The van der Waals surface area contributed by atoms with Crippen LogP contribution in [-0.4, -0.2) is 105 Å². The molecule has 0 bridgehead atoms. The van der Waals surface area contributed by atoms with E-state index in [0.29, 0.717) is 5.56 Å². The number of benzene rings is 1. The summed E-state index contributed by atoms with van der Waals surface area (Å²) >= 11 is 0. The summed E-state index contributed by atoms with van der Waals surface area (Å²) in [5, 5.41) is 23.6. The first-order chi connectivity index (χ1) is 19.2. The summed E-state index contributed by atoms with van der Waals surface area (Å²) in [6.07, 6.45) is -1.17. The van der Waals surface area contributed by atoms with Gasteiger partial charge in [0.15, 0.2) is 5.82 Å². The molecule has 14 heteroatoms. The van der Waals surface area contributed by atoms with Gasteiger partial charge in [0.1, 0.15) is 17.6 Å². The smallest absolute Gasteiger partial charge is 0.409 e. The zero-order valence-corrected chi connectivity index (χ0v) is 22.0. The van der Waals surface area contributed by atoms with Gasteiger partial charge in [-0.05, 0) is 13.3 Å². The molecule has 1 saturated heterocycles. The van der Waals surface area contributed by atoms with Crippen molar-refractivity contribution in [2.24, 2.45) is 0 Å². The Morgan fingerprint density at radius 3 is 2.23 bits per heavy atom. The second-order valence-corrected chi connectivity index (χ2v) is 8.87. The van der Waals surface area contributed by atoms with E-state index in [0.717, 1.165) is 0 Å². The van der Waals surface area contributed by atoms with Crippen molar-refractivity contribution in [1.82, 2.24) is 25.1 Å². The number of carboxylic acids is 2. The second kappa shape index (κ2) is 14.4. The van der Waals surface area contributed by atoms with Crippen molar-refractivity contribution in [1.29, 1.82) is 0 Å². The summed E-state index contributed by atoms with van der Waals surface area (Å²) in [7, 11) is 0. The van der Waals surface area contributed by atoms with Gasteiger partial charge in [0.25, 0.3) is 5.91 Å². The number of piperazine rings is 1. The molecular weight excluding hydrogens is 524 g/mol. The molecule has 14 nitrogen and oxygen atoms in total. The summed E-state index contributed by atoms with van der Waals surface area (Å²) in [6.45, 7) is 2.85. The number of anilines is 1. The third kappa shape index (κ3) is 8.64. The fourth-order valence-corrected chi connectivity index (χ4v) is 3.97. The summed E-state index contributed by atoms with van der Waals surface area (Å²) < 4.78 is 4.99. The van der Waals surface area contributed by atoms with E-state index in [1.54, 1.807) is 37.3 Å². The van der Waals surface area contributed by atoms with E-state index in [1.807, 2.05) is 0 Å². The van der Waals surface area contributed by atoms with Crippen molar-refractivity contribution in [2.75, 3.05) is 44.6 Å². The number of nitrogens with zero attached hydrogens (tertiary/aromatic N) is 4. The average Bonchev–Trinajstić information content (AvgIpc) is 2.95. The SMILES string of the molecule is CCOC(=O)N1CCN(C(=O)[C@H](CCC(=O)O)NC(=O)c2cc(NCCC(=O)O)nc(-c3ccccc3)n2)CC1. The monoisotopic (exact) mass is 556 g/mol. The Labute approximate surface area is 230 Å². The lowest BCUT2D eigenvalue weighted by atomic mass is 10.1. The average molecular weight is 557 g/mol. The largest absolute Gasteiger partial charge is 0.481 e. The minimum atomic E-state index is -1.16. The van der Waals surface area contributed by atoms with Crippen LogP contribution >= 0.6 is 0 Å². The lowest BCUT2D eigenvalue weighted by Crippen LogP contribution is -2.56. The van der Waals surface area contributed by atoms with E-state index in [1.165, 1.54) is 15.9 Å². The Hall–Kier alpha value is -4.75. The maximum atomic E-state index is 13.3. The van der Waals surface area contributed by atoms with E-state index in [4.69, 9.17) is 9.84 Å². The van der Waals surface area contributed by atoms with E-state index in [-0.39, 0.29) is 75.9 Å². The Morgan fingerprint density at radius 1 is 0.950 bits per heavy atom. The third-order valence-corrected chi connectivity index (χ3v) is 6.00. The quantitative estimate of drug-likeness (QED) is 0.294. The van der Waals surface area contributed by atoms with Crippen LogP contribution in [0, 0.1) is 0 Å². The molecule has 0 spiro atoms. The number of carbonyl (C=O) groups is 5. The molecule has 3 rings (SSSR count). The van der Waals surface area contributed by atoms with Crippen LogP contribution in [0.3, 0.4) is 0 Å². The second-order valence-electron chi connectivity index (χ2n) is 8.87. The van der Waals surface area contributed by atoms with Crippen molar-refractivity contribution in [3.63, 3.8) is 0 Å². The summed E-state index contributed by atoms with van der Waals surface area (Å²) in [4.78, 5) is 72.4. The molecule has 214 valence electrons. The number of aromatic nitrogens is 2. The number of hydrogen-bond donors (Lipinski definition) is 4. The molecule has 1 aromatic carbocycles. The molecule has 2 aromatic rings. The summed E-state index contributed by atoms with van der Waals surface area (Å²) in [5.41, 5.74) is 0.517. The minimum absolute atomic E-state index is 0.0547. The number of rotatable bonds is 12. The Kier molecular flexibility index (Phi) is 10.7. The van der Waals surface area contributed by atoms with Crippen LogP contribution in [0.1, 0.15) is 36.7 Å². The predicted molar refractivity (Wildman–Crippen MR) is 142 cm³/mol. The van der Waals surface area contributed by atoms with Crippen molar-refractivity contribution >= 4 is 35.7 Å². The fraction of sp³-hybridized carbons (Fsp3) is 0.423. The lowest BCUT2D eigenvalue weighted by Gasteiger charge is -2.35. The number of carbonyl (C=O) groups excluding carboxylic acids is 3. The molecule has 0 saturated carbocycles. The van der Waals surface area contributed by atoms with Gasteiger partial charge in [-0.1, -0.05) is 30.3 Å². The normalized spacial score (nSPS) is 13.7. The highest BCUT2D eigenvalue weighted by atomic mass is 16.6. The molecule has 1 aromatic heterocycles. The van der Waals surface area contributed by atoms with Crippen LogP contribution in [0.15, 0.2) is 36.4 Å². The van der Waals surface area contributed by atoms with Crippen molar-refractivity contribution in [3.05, 3.63) is 42.1 Å². The zero-order chi connectivity index (χ0) is 29.1. The molecule has 3 amide bonds. The summed E-state index contributed by atoms with van der Waals surface area (Å²) in [5.74, 6) is -2.92. The molecule has 1 atom stereocenters. The molecule has 0 unspecified atom stereocenters. The van der Waals surface area contributed by atoms with Gasteiger partial charge in [-0.15, -0.1) is 0 Å². The van der Waals surface area contributed by atoms with Crippen LogP contribution in [0.2, 0.25) is 0 Å². The van der Waals surface area contributed by atoms with Gasteiger partial charge < -0.3 is 35.4 Å². The number of amides is 3. The highest BCUT2D eigenvalue weighted by molar-refractivity contribution is 5.97. The fourth-order valence-electron chi connectivity index (χ4n) is 3.97. The van der Waals surface area contributed by atoms with Crippen LogP contribution in [0.25, 0.3) is 11.4 Å². The molecule has 40 heavy (non-hydrogen) atoms. The van der Waals surface area contributed by atoms with Gasteiger partial charge in [0, 0.05) is 50.8 Å². The van der Waals surface area contributed by atoms with Gasteiger partial charge in [-0.2, -0.15) is 0 Å². The van der Waals surface area contributed by atoms with Gasteiger partial charge in [-0.3, -0.25) is 19.2 Å². The molecule has 0 aliphatic carbocycles. The van der Waals surface area contributed by atoms with Crippen molar-refractivity contribution in [3.8, 4) is 11.4 Å². The number of ether oxygens (including phenoxy) is 1. The van der Waals surface area contributed by atoms with Gasteiger partial charge in [-0.25, -0.2) is 14.8 Å². The Morgan fingerprint density at radius 2 is 1.60 bits per heavy atom. The maximum Gasteiger partial charge on any atom is 0.409 e. The predicted octanol–water partition coefficient (Wildman–Crippen LogP) is 1.29. The highest BCUT2D eigenvalue weighted by Gasteiger charge is 2.31. The third-order valence-electron chi connectivity index (χ3n) is 6.00. The molecule has 0 radical (unpaired) electrons.